The highest BCUT2D eigenvalue weighted by Crippen LogP contribution is 2.18. The number of aromatic nitrogens is 4. The fourth-order valence-electron chi connectivity index (χ4n) is 2.57. The van der Waals surface area contributed by atoms with Crippen molar-refractivity contribution in [2.24, 2.45) is 5.10 Å². The topological polar surface area (TPSA) is 98.8 Å². The SMILES string of the molecule is O=C(CSc1n[nH]c(N/N=C/c2c[nH]c3ccccc23)n1)c1ccc(Br)cc1. The minimum atomic E-state index is 0.0224. The van der Waals surface area contributed by atoms with Crippen LogP contribution >= 0.6 is 27.7 Å². The predicted molar refractivity (Wildman–Crippen MR) is 115 cm³/mol. The van der Waals surface area contributed by atoms with Crippen LogP contribution in [0.25, 0.3) is 10.9 Å². The molecular formula is C19H15BrN6OS. The van der Waals surface area contributed by atoms with E-state index in [2.05, 4.69) is 46.6 Å². The van der Waals surface area contributed by atoms with Gasteiger partial charge in [0.1, 0.15) is 0 Å². The molecule has 4 rings (SSSR count). The Hall–Kier alpha value is -2.91. The number of Topliss-reactive ketones (excluding diaryl/α,β-unsaturated/α-hetero) is 1. The van der Waals surface area contributed by atoms with Crippen molar-refractivity contribution in [3.63, 3.8) is 0 Å². The third kappa shape index (κ3) is 4.32. The van der Waals surface area contributed by atoms with Crippen LogP contribution in [0, 0.1) is 0 Å². The first-order valence-electron chi connectivity index (χ1n) is 8.38. The first-order chi connectivity index (χ1) is 13.7. The minimum Gasteiger partial charge on any atom is -0.361 e. The second kappa shape index (κ2) is 8.41. The summed E-state index contributed by atoms with van der Waals surface area (Å²) in [6.45, 7) is 0. The molecule has 3 N–H and O–H groups in total. The summed E-state index contributed by atoms with van der Waals surface area (Å²) in [5.41, 5.74) is 5.50. The molecular weight excluding hydrogens is 440 g/mol. The van der Waals surface area contributed by atoms with Gasteiger partial charge in [0, 0.05) is 32.7 Å². The number of carbonyl (C=O) groups is 1. The van der Waals surface area contributed by atoms with Crippen LogP contribution in [0.5, 0.6) is 0 Å². The fraction of sp³-hybridized carbons (Fsp3) is 0.0526. The van der Waals surface area contributed by atoms with Gasteiger partial charge in [0.25, 0.3) is 0 Å². The number of nitrogens with one attached hydrogen (secondary N) is 3. The highest BCUT2D eigenvalue weighted by molar-refractivity contribution is 9.10. The van der Waals surface area contributed by atoms with Gasteiger partial charge in [-0.2, -0.15) is 10.1 Å². The van der Waals surface area contributed by atoms with Crippen molar-refractivity contribution in [2.45, 2.75) is 5.16 Å². The number of H-pyrrole nitrogens is 2. The van der Waals surface area contributed by atoms with Crippen LogP contribution in [-0.4, -0.2) is 37.9 Å². The number of rotatable bonds is 7. The molecule has 140 valence electrons. The van der Waals surface area contributed by atoms with E-state index >= 15 is 0 Å². The van der Waals surface area contributed by atoms with E-state index in [1.54, 1.807) is 18.3 Å². The van der Waals surface area contributed by atoms with Crippen LogP contribution in [0.2, 0.25) is 0 Å². The third-order valence-corrected chi connectivity index (χ3v) is 5.33. The number of hydrogen-bond donors (Lipinski definition) is 3. The van der Waals surface area contributed by atoms with Gasteiger partial charge < -0.3 is 4.98 Å². The summed E-state index contributed by atoms with van der Waals surface area (Å²) < 4.78 is 0.939. The van der Waals surface area contributed by atoms with Crippen LogP contribution in [-0.2, 0) is 0 Å². The van der Waals surface area contributed by atoms with E-state index in [0.717, 1.165) is 20.9 Å². The van der Waals surface area contributed by atoms with Crippen LogP contribution in [0.15, 0.2) is 69.5 Å². The average Bonchev–Trinajstić information content (AvgIpc) is 3.34. The molecule has 0 fully saturated rings. The molecule has 7 nitrogen and oxygen atoms in total. The maximum atomic E-state index is 12.2. The number of nitrogens with zero attached hydrogens (tertiary/aromatic N) is 3. The highest BCUT2D eigenvalue weighted by Gasteiger charge is 2.09. The molecule has 0 saturated carbocycles. The van der Waals surface area contributed by atoms with Gasteiger partial charge in [-0.15, -0.1) is 5.10 Å². The van der Waals surface area contributed by atoms with Crippen LogP contribution < -0.4 is 5.43 Å². The Morgan fingerprint density at radius 1 is 1.21 bits per heavy atom. The first-order valence-corrected chi connectivity index (χ1v) is 10.2. The van der Waals surface area contributed by atoms with Crippen molar-refractivity contribution >= 4 is 56.5 Å². The van der Waals surface area contributed by atoms with Crippen LogP contribution in [0.1, 0.15) is 15.9 Å². The molecule has 0 amide bonds. The smallest absolute Gasteiger partial charge is 0.240 e. The van der Waals surface area contributed by atoms with Crippen molar-refractivity contribution in [2.75, 3.05) is 11.2 Å². The zero-order valence-electron chi connectivity index (χ0n) is 14.5. The Morgan fingerprint density at radius 3 is 2.89 bits per heavy atom. The molecule has 4 aromatic rings. The molecule has 2 heterocycles. The quantitative estimate of drug-likeness (QED) is 0.165. The molecule has 2 aromatic heterocycles. The van der Waals surface area contributed by atoms with Crippen LogP contribution in [0.3, 0.4) is 0 Å². The number of ketones is 1. The van der Waals surface area contributed by atoms with E-state index in [1.165, 1.54) is 11.8 Å². The standard InChI is InChI=1S/C19H15BrN6OS/c20-14-7-5-12(6-8-14)17(27)11-28-19-23-18(25-26-19)24-22-10-13-9-21-16-4-2-1-3-15(13)16/h1-10,21H,11H2,(H2,23,24,25,26)/b22-10+. The van der Waals surface area contributed by atoms with E-state index in [4.69, 9.17) is 0 Å². The fourth-order valence-corrected chi connectivity index (χ4v) is 3.53. The number of benzene rings is 2. The largest absolute Gasteiger partial charge is 0.361 e. The molecule has 0 unspecified atom stereocenters. The Bertz CT molecular complexity index is 1130. The van der Waals surface area contributed by atoms with Gasteiger partial charge >= 0.3 is 0 Å². The normalized spacial score (nSPS) is 11.3. The van der Waals surface area contributed by atoms with Crippen molar-refractivity contribution in [1.82, 2.24) is 20.2 Å². The van der Waals surface area contributed by atoms with Gasteiger partial charge in [0.15, 0.2) is 5.78 Å². The summed E-state index contributed by atoms with van der Waals surface area (Å²) in [5, 5.41) is 12.6. The van der Waals surface area contributed by atoms with Crippen molar-refractivity contribution in [3.8, 4) is 0 Å². The second-order valence-electron chi connectivity index (χ2n) is 5.84. The van der Waals surface area contributed by atoms with E-state index < -0.39 is 0 Å². The number of aromatic amines is 2. The molecule has 0 aliphatic carbocycles. The number of hydrogen-bond acceptors (Lipinski definition) is 6. The molecule has 0 aliphatic heterocycles. The Morgan fingerprint density at radius 2 is 2.04 bits per heavy atom. The number of anilines is 1. The average molecular weight is 455 g/mol. The van der Waals surface area contributed by atoms with Gasteiger partial charge in [0.2, 0.25) is 11.1 Å². The molecule has 0 bridgehead atoms. The molecule has 0 radical (unpaired) electrons. The molecule has 0 aliphatic rings. The van der Waals surface area contributed by atoms with Gasteiger partial charge in [-0.1, -0.05) is 58.0 Å². The zero-order valence-corrected chi connectivity index (χ0v) is 16.9. The molecule has 2 aromatic carbocycles. The van der Waals surface area contributed by atoms with Gasteiger partial charge in [-0.25, -0.2) is 10.5 Å². The van der Waals surface area contributed by atoms with E-state index in [-0.39, 0.29) is 11.5 Å². The van der Waals surface area contributed by atoms with Crippen molar-refractivity contribution in [3.05, 3.63) is 70.3 Å². The molecule has 0 saturated heterocycles. The Kier molecular flexibility index (Phi) is 5.54. The number of carbonyl (C=O) groups excluding carboxylic acids is 1. The zero-order chi connectivity index (χ0) is 19.3. The predicted octanol–water partition coefficient (Wildman–Crippen LogP) is 4.47. The monoisotopic (exact) mass is 454 g/mol. The maximum Gasteiger partial charge on any atom is 0.240 e. The minimum absolute atomic E-state index is 0.0224. The number of fused-ring (bicyclic) bond motifs is 1. The summed E-state index contributed by atoms with van der Waals surface area (Å²) in [6, 6.07) is 15.3. The van der Waals surface area contributed by atoms with Crippen molar-refractivity contribution in [1.29, 1.82) is 0 Å². The summed E-state index contributed by atoms with van der Waals surface area (Å²) in [6.07, 6.45) is 3.61. The lowest BCUT2D eigenvalue weighted by atomic mass is 10.2. The van der Waals surface area contributed by atoms with Crippen LogP contribution in [0.4, 0.5) is 5.95 Å². The second-order valence-corrected chi connectivity index (χ2v) is 7.70. The van der Waals surface area contributed by atoms with Gasteiger partial charge in [0.05, 0.1) is 12.0 Å². The molecule has 0 spiro atoms. The number of halogens is 1. The highest BCUT2D eigenvalue weighted by atomic mass is 79.9. The lowest BCUT2D eigenvalue weighted by Crippen LogP contribution is -2.02. The molecule has 0 atom stereocenters. The number of hydrazone groups is 1. The first kappa shape index (κ1) is 18.5. The molecule has 9 heteroatoms. The summed E-state index contributed by atoms with van der Waals surface area (Å²) >= 11 is 4.63. The maximum absolute atomic E-state index is 12.2. The van der Waals surface area contributed by atoms with Crippen molar-refractivity contribution < 1.29 is 4.79 Å². The summed E-state index contributed by atoms with van der Waals surface area (Å²) in [5.74, 6) is 0.696. The van der Waals surface area contributed by atoms with E-state index in [9.17, 15) is 4.79 Å². The lowest BCUT2D eigenvalue weighted by molar-refractivity contribution is 0.102. The number of thioether (sulfide) groups is 1. The Labute approximate surface area is 173 Å². The summed E-state index contributed by atoms with van der Waals surface area (Å²) in [4.78, 5) is 19.7. The van der Waals surface area contributed by atoms with E-state index in [1.807, 2.05) is 42.6 Å². The Balaban J connectivity index is 1.33. The van der Waals surface area contributed by atoms with E-state index in [0.29, 0.717) is 16.7 Å². The summed E-state index contributed by atoms with van der Waals surface area (Å²) in [7, 11) is 0. The third-order valence-electron chi connectivity index (χ3n) is 3.96. The van der Waals surface area contributed by atoms with Gasteiger partial charge in [-0.3, -0.25) is 4.79 Å². The lowest BCUT2D eigenvalue weighted by Gasteiger charge is -1.99. The molecule has 28 heavy (non-hydrogen) atoms. The van der Waals surface area contributed by atoms with Gasteiger partial charge in [-0.05, 0) is 18.2 Å². The number of para-hydroxylation sites is 1.